The third-order valence-electron chi connectivity index (χ3n) is 10.1. The fraction of sp³-hybridized carbons (Fsp3) is 0.0833. The van der Waals surface area contributed by atoms with Gasteiger partial charge in [-0.25, -0.2) is 0 Å². The molecule has 0 fully saturated rings. The smallest absolute Gasteiger partial charge is 0.00206 e. The summed E-state index contributed by atoms with van der Waals surface area (Å²) >= 11 is 0. The van der Waals surface area contributed by atoms with E-state index in [9.17, 15) is 0 Å². The van der Waals surface area contributed by atoms with Crippen LogP contribution in [0.5, 0.6) is 0 Å². The topological polar surface area (TPSA) is 0 Å². The Balaban J connectivity index is 1.16. The lowest BCUT2D eigenvalue weighted by atomic mass is 9.83. The molecule has 0 amide bonds. The van der Waals surface area contributed by atoms with E-state index in [0.717, 1.165) is 0 Å². The molecule has 0 saturated carbocycles. The molecule has 0 heteroatoms. The number of hydrogen-bond donors (Lipinski definition) is 0. The SMILES string of the molecule is CC(C)(C)c1ccc2c(c1)cc(-c1ccccc1)c1ccc3cc(-c4ccc5cc(-c6ccc7ccccc7c6)ccc5c4)ccc3c12. The van der Waals surface area contributed by atoms with Crippen molar-refractivity contribution < 1.29 is 0 Å². The van der Waals surface area contributed by atoms with Gasteiger partial charge in [0.2, 0.25) is 0 Å². The van der Waals surface area contributed by atoms with Crippen LogP contribution in [0.25, 0.3) is 87.2 Å². The first-order valence-corrected chi connectivity index (χ1v) is 16.9. The minimum Gasteiger partial charge on any atom is -0.0622 e. The highest BCUT2D eigenvalue weighted by molar-refractivity contribution is 6.24. The summed E-state index contributed by atoms with van der Waals surface area (Å²) < 4.78 is 0. The molecule has 0 saturated heterocycles. The molecule has 0 spiro atoms. The molecule has 0 aliphatic rings. The number of hydrogen-bond acceptors (Lipinski definition) is 0. The Morgan fingerprint density at radius 1 is 0.312 bits per heavy atom. The molecular formula is C48H36. The lowest BCUT2D eigenvalue weighted by Crippen LogP contribution is -2.10. The highest BCUT2D eigenvalue weighted by Crippen LogP contribution is 2.41. The minimum absolute atomic E-state index is 0.0849. The Kier molecular flexibility index (Phi) is 6.49. The van der Waals surface area contributed by atoms with E-state index in [0.29, 0.717) is 0 Å². The number of benzene rings is 9. The van der Waals surface area contributed by atoms with Gasteiger partial charge in [0.15, 0.2) is 0 Å². The van der Waals surface area contributed by atoms with Gasteiger partial charge in [0.1, 0.15) is 0 Å². The molecule has 0 unspecified atom stereocenters. The molecular weight excluding hydrogens is 577 g/mol. The van der Waals surface area contributed by atoms with Crippen LogP contribution in [0.4, 0.5) is 0 Å². The molecule has 9 aromatic carbocycles. The third kappa shape index (κ3) is 4.84. The van der Waals surface area contributed by atoms with E-state index >= 15 is 0 Å². The average molecular weight is 613 g/mol. The van der Waals surface area contributed by atoms with Crippen LogP contribution in [0.1, 0.15) is 26.3 Å². The second-order valence-electron chi connectivity index (χ2n) is 14.2. The van der Waals surface area contributed by atoms with Crippen molar-refractivity contribution in [3.8, 4) is 33.4 Å². The summed E-state index contributed by atoms with van der Waals surface area (Å²) in [5, 5.41) is 12.8. The monoisotopic (exact) mass is 612 g/mol. The standard InChI is InChI=1S/C48H36/c1-48(2,3)42-21-24-44-41(29-42)30-46(32-10-5-4-6-11-32)45-23-20-40-28-39(19-22-43(40)47(44)45)38-18-17-36-26-35(15-16-37(36)27-38)34-14-13-31-9-7-8-12-33(31)25-34/h4-30H,1-3H3. The summed E-state index contributed by atoms with van der Waals surface area (Å²) in [5.74, 6) is 0. The maximum Gasteiger partial charge on any atom is -0.00206 e. The molecule has 0 bridgehead atoms. The van der Waals surface area contributed by atoms with Gasteiger partial charge < -0.3 is 0 Å². The van der Waals surface area contributed by atoms with E-state index in [1.165, 1.54) is 92.8 Å². The quantitative estimate of drug-likeness (QED) is 0.174. The third-order valence-corrected chi connectivity index (χ3v) is 10.1. The molecule has 0 heterocycles. The Labute approximate surface area is 281 Å². The van der Waals surface area contributed by atoms with Gasteiger partial charge in [-0.1, -0.05) is 154 Å². The van der Waals surface area contributed by atoms with E-state index in [4.69, 9.17) is 0 Å². The minimum atomic E-state index is 0.0849. The second kappa shape index (κ2) is 10.9. The first-order chi connectivity index (χ1) is 23.4. The van der Waals surface area contributed by atoms with Crippen molar-refractivity contribution in [2.24, 2.45) is 0 Å². The molecule has 0 aromatic heterocycles. The number of fused-ring (bicyclic) bond motifs is 7. The van der Waals surface area contributed by atoms with Crippen molar-refractivity contribution in [1.29, 1.82) is 0 Å². The fourth-order valence-corrected chi connectivity index (χ4v) is 7.46. The van der Waals surface area contributed by atoms with Gasteiger partial charge in [0, 0.05) is 0 Å². The van der Waals surface area contributed by atoms with Crippen LogP contribution >= 0.6 is 0 Å². The zero-order valence-corrected chi connectivity index (χ0v) is 27.6. The molecule has 9 aromatic rings. The molecule has 48 heavy (non-hydrogen) atoms. The molecule has 228 valence electrons. The van der Waals surface area contributed by atoms with Crippen LogP contribution in [-0.4, -0.2) is 0 Å². The van der Waals surface area contributed by atoms with Gasteiger partial charge in [-0.15, -0.1) is 0 Å². The van der Waals surface area contributed by atoms with Gasteiger partial charge in [-0.3, -0.25) is 0 Å². The molecule has 0 aliphatic carbocycles. The summed E-state index contributed by atoms with van der Waals surface area (Å²) in [6.07, 6.45) is 0. The Morgan fingerprint density at radius 3 is 1.46 bits per heavy atom. The molecule has 0 nitrogen and oxygen atoms in total. The van der Waals surface area contributed by atoms with Gasteiger partial charge in [-0.05, 0) is 129 Å². The summed E-state index contributed by atoms with van der Waals surface area (Å²) in [7, 11) is 0. The predicted octanol–water partition coefficient (Wildman–Crippen LogP) is 13.8. The Bertz CT molecular complexity index is 2690. The highest BCUT2D eigenvalue weighted by atomic mass is 14.2. The molecule has 0 N–H and O–H groups in total. The van der Waals surface area contributed by atoms with E-state index in [1.54, 1.807) is 0 Å². The van der Waals surface area contributed by atoms with Crippen molar-refractivity contribution in [3.05, 3.63) is 169 Å². The van der Waals surface area contributed by atoms with Gasteiger partial charge in [0.25, 0.3) is 0 Å². The summed E-state index contributed by atoms with van der Waals surface area (Å²) in [6, 6.07) is 60.9. The maximum absolute atomic E-state index is 2.40. The van der Waals surface area contributed by atoms with Crippen LogP contribution in [0.3, 0.4) is 0 Å². The molecule has 0 radical (unpaired) electrons. The van der Waals surface area contributed by atoms with Crippen molar-refractivity contribution in [2.45, 2.75) is 26.2 Å². The first kappa shape index (κ1) is 28.5. The predicted molar refractivity (Wildman–Crippen MR) is 209 cm³/mol. The van der Waals surface area contributed by atoms with Crippen molar-refractivity contribution in [2.75, 3.05) is 0 Å². The lowest BCUT2D eigenvalue weighted by Gasteiger charge is -2.21. The molecule has 0 atom stereocenters. The normalized spacial score (nSPS) is 12.1. The molecule has 0 aliphatic heterocycles. The van der Waals surface area contributed by atoms with E-state index in [2.05, 4.69) is 185 Å². The maximum atomic E-state index is 2.40. The zero-order chi connectivity index (χ0) is 32.4. The zero-order valence-electron chi connectivity index (χ0n) is 27.6. The van der Waals surface area contributed by atoms with E-state index in [-0.39, 0.29) is 5.41 Å². The van der Waals surface area contributed by atoms with Crippen molar-refractivity contribution in [1.82, 2.24) is 0 Å². The summed E-state index contributed by atoms with van der Waals surface area (Å²) in [6.45, 7) is 6.88. The van der Waals surface area contributed by atoms with Gasteiger partial charge >= 0.3 is 0 Å². The molecule has 9 rings (SSSR count). The average Bonchev–Trinajstić information content (AvgIpc) is 3.13. The Morgan fingerprint density at radius 2 is 0.792 bits per heavy atom. The van der Waals surface area contributed by atoms with Crippen LogP contribution < -0.4 is 0 Å². The number of rotatable bonds is 3. The van der Waals surface area contributed by atoms with Gasteiger partial charge in [0.05, 0.1) is 0 Å². The van der Waals surface area contributed by atoms with Crippen LogP contribution in [0, 0.1) is 0 Å². The van der Waals surface area contributed by atoms with Crippen molar-refractivity contribution in [3.63, 3.8) is 0 Å². The van der Waals surface area contributed by atoms with E-state index < -0.39 is 0 Å². The second-order valence-corrected chi connectivity index (χ2v) is 14.2. The Hall–Kier alpha value is -5.72. The lowest BCUT2D eigenvalue weighted by molar-refractivity contribution is 0.591. The summed E-state index contributed by atoms with van der Waals surface area (Å²) in [4.78, 5) is 0. The van der Waals surface area contributed by atoms with Gasteiger partial charge in [-0.2, -0.15) is 0 Å². The van der Waals surface area contributed by atoms with Crippen LogP contribution in [0.2, 0.25) is 0 Å². The van der Waals surface area contributed by atoms with E-state index in [1.807, 2.05) is 0 Å². The van der Waals surface area contributed by atoms with Crippen LogP contribution in [-0.2, 0) is 5.41 Å². The van der Waals surface area contributed by atoms with Crippen molar-refractivity contribution >= 4 is 53.9 Å². The summed E-state index contributed by atoms with van der Waals surface area (Å²) in [5.41, 5.74) is 8.95. The van der Waals surface area contributed by atoms with Crippen LogP contribution in [0.15, 0.2) is 164 Å². The fourth-order valence-electron chi connectivity index (χ4n) is 7.46. The first-order valence-electron chi connectivity index (χ1n) is 16.9. The highest BCUT2D eigenvalue weighted by Gasteiger charge is 2.17. The largest absolute Gasteiger partial charge is 0.0622 e.